The molecule has 0 spiro atoms. The molecule has 0 aliphatic carbocycles. The third kappa shape index (κ3) is 5.86. The number of aryl methyl sites for hydroxylation is 1. The molecule has 1 saturated heterocycles. The molecule has 1 aliphatic rings. The lowest BCUT2D eigenvalue weighted by atomic mass is 9.74. The van der Waals surface area contributed by atoms with Crippen LogP contribution in [0.4, 0.5) is 5.69 Å². The van der Waals surface area contributed by atoms with Crippen molar-refractivity contribution < 1.29 is 17.9 Å². The van der Waals surface area contributed by atoms with Gasteiger partial charge in [-0.3, -0.25) is 9.10 Å². The molecule has 1 heterocycles. The summed E-state index contributed by atoms with van der Waals surface area (Å²) in [7, 11) is -4.11. The quantitative estimate of drug-likeness (QED) is 0.412. The fourth-order valence-electron chi connectivity index (χ4n) is 4.39. The molecular formula is C27H28Cl2N2O4S. The Bertz CT molecular complexity index is 1310. The van der Waals surface area contributed by atoms with Crippen LogP contribution in [-0.4, -0.2) is 40.6 Å². The maximum absolute atomic E-state index is 13.7. The van der Waals surface area contributed by atoms with Gasteiger partial charge in [0, 0.05) is 30.2 Å². The summed E-state index contributed by atoms with van der Waals surface area (Å²) in [5.41, 5.74) is 1.89. The summed E-state index contributed by atoms with van der Waals surface area (Å²) in [6.45, 7) is 2.97. The Kier molecular flexibility index (Phi) is 8.25. The average Bonchev–Trinajstić information content (AvgIpc) is 2.89. The molecule has 36 heavy (non-hydrogen) atoms. The van der Waals surface area contributed by atoms with Crippen LogP contribution in [0.15, 0.2) is 77.7 Å². The Labute approximate surface area is 222 Å². The highest BCUT2D eigenvalue weighted by atomic mass is 35.5. The second kappa shape index (κ2) is 11.2. The molecule has 3 aromatic rings. The number of rotatable bonds is 8. The number of halogens is 2. The van der Waals surface area contributed by atoms with Crippen LogP contribution in [0.25, 0.3) is 0 Å². The standard InChI is InChI=1S/C27H28Cl2N2O4S/c1-20-7-10-23(11-8-20)36(33,34)31(25-17-22(28)9-12-24(25)29)18-26(32)30-19-27(13-15-35-16-14-27)21-5-3-2-4-6-21/h2-12,17H,13-16,18-19H2,1H3,(H,30,32). The van der Waals surface area contributed by atoms with Crippen molar-refractivity contribution >= 4 is 44.8 Å². The summed E-state index contributed by atoms with van der Waals surface area (Å²) in [4.78, 5) is 13.3. The first-order chi connectivity index (χ1) is 17.2. The van der Waals surface area contributed by atoms with Crippen LogP contribution in [0.2, 0.25) is 10.0 Å². The maximum atomic E-state index is 13.7. The fraction of sp³-hybridized carbons (Fsp3) is 0.296. The molecule has 0 atom stereocenters. The first-order valence-corrected chi connectivity index (χ1v) is 13.9. The highest BCUT2D eigenvalue weighted by molar-refractivity contribution is 7.92. The van der Waals surface area contributed by atoms with E-state index in [0.29, 0.717) is 24.8 Å². The number of nitrogens with zero attached hydrogens (tertiary/aromatic N) is 1. The molecule has 190 valence electrons. The predicted molar refractivity (Wildman–Crippen MR) is 143 cm³/mol. The van der Waals surface area contributed by atoms with E-state index in [-0.39, 0.29) is 21.0 Å². The van der Waals surface area contributed by atoms with E-state index in [2.05, 4.69) is 17.4 Å². The molecular weight excluding hydrogens is 519 g/mol. The second-order valence-electron chi connectivity index (χ2n) is 8.96. The highest BCUT2D eigenvalue weighted by Gasteiger charge is 2.35. The number of carbonyl (C=O) groups is 1. The SMILES string of the molecule is Cc1ccc(S(=O)(=O)N(CC(=O)NCC2(c3ccccc3)CCOCC2)c2cc(Cl)ccc2Cl)cc1. The van der Waals surface area contributed by atoms with Gasteiger partial charge in [-0.05, 0) is 55.7 Å². The Morgan fingerprint density at radius 3 is 2.33 bits per heavy atom. The minimum atomic E-state index is -4.11. The van der Waals surface area contributed by atoms with Crippen LogP contribution in [0, 0.1) is 6.92 Å². The van der Waals surface area contributed by atoms with Crippen LogP contribution in [0.5, 0.6) is 0 Å². The van der Waals surface area contributed by atoms with Gasteiger partial charge in [0.15, 0.2) is 0 Å². The number of anilines is 1. The molecule has 0 unspecified atom stereocenters. The largest absolute Gasteiger partial charge is 0.381 e. The summed E-state index contributed by atoms with van der Waals surface area (Å²) in [6, 6.07) is 21.0. The molecule has 0 radical (unpaired) electrons. The first kappa shape index (κ1) is 26.5. The van der Waals surface area contributed by atoms with Crippen molar-refractivity contribution in [1.29, 1.82) is 0 Å². The van der Waals surface area contributed by atoms with Crippen LogP contribution >= 0.6 is 23.2 Å². The van der Waals surface area contributed by atoms with Crippen molar-refractivity contribution in [2.75, 3.05) is 30.6 Å². The molecule has 4 rings (SSSR count). The molecule has 1 aliphatic heterocycles. The minimum Gasteiger partial charge on any atom is -0.381 e. The van der Waals surface area contributed by atoms with Gasteiger partial charge in [0.25, 0.3) is 10.0 Å². The van der Waals surface area contributed by atoms with Crippen molar-refractivity contribution in [3.8, 4) is 0 Å². The second-order valence-corrected chi connectivity index (χ2v) is 11.7. The van der Waals surface area contributed by atoms with Crippen LogP contribution < -0.4 is 9.62 Å². The normalized spacial score (nSPS) is 15.3. The van der Waals surface area contributed by atoms with E-state index < -0.39 is 22.5 Å². The van der Waals surface area contributed by atoms with Crippen LogP contribution in [0.1, 0.15) is 24.0 Å². The highest BCUT2D eigenvalue weighted by Crippen LogP contribution is 2.35. The molecule has 1 N–H and O–H groups in total. The van der Waals surface area contributed by atoms with Crippen molar-refractivity contribution in [3.05, 3.63) is 94.0 Å². The topological polar surface area (TPSA) is 75.7 Å². The third-order valence-corrected chi connectivity index (χ3v) is 8.86. The van der Waals surface area contributed by atoms with Crippen molar-refractivity contribution in [3.63, 3.8) is 0 Å². The minimum absolute atomic E-state index is 0.0575. The number of carbonyl (C=O) groups excluding carboxylic acids is 1. The van der Waals surface area contributed by atoms with E-state index in [4.69, 9.17) is 27.9 Å². The number of hydrogen-bond acceptors (Lipinski definition) is 4. The zero-order valence-electron chi connectivity index (χ0n) is 19.9. The lowest BCUT2D eigenvalue weighted by Gasteiger charge is -2.38. The van der Waals surface area contributed by atoms with Crippen LogP contribution in [-0.2, 0) is 25.0 Å². The van der Waals surface area contributed by atoms with E-state index in [1.54, 1.807) is 18.2 Å². The van der Waals surface area contributed by atoms with Gasteiger partial charge in [-0.15, -0.1) is 0 Å². The van der Waals surface area contributed by atoms with E-state index in [0.717, 1.165) is 28.3 Å². The molecule has 0 aromatic heterocycles. The maximum Gasteiger partial charge on any atom is 0.264 e. The summed E-state index contributed by atoms with van der Waals surface area (Å²) in [6.07, 6.45) is 1.51. The number of amides is 1. The lowest BCUT2D eigenvalue weighted by molar-refractivity contribution is -0.120. The van der Waals surface area contributed by atoms with E-state index in [1.807, 2.05) is 25.1 Å². The van der Waals surface area contributed by atoms with Gasteiger partial charge in [-0.2, -0.15) is 0 Å². The first-order valence-electron chi connectivity index (χ1n) is 11.7. The molecule has 3 aromatic carbocycles. The molecule has 0 saturated carbocycles. The van der Waals surface area contributed by atoms with E-state index in [9.17, 15) is 13.2 Å². The van der Waals surface area contributed by atoms with Crippen molar-refractivity contribution in [2.45, 2.75) is 30.1 Å². The van der Waals surface area contributed by atoms with Gasteiger partial charge < -0.3 is 10.1 Å². The molecule has 1 fully saturated rings. The predicted octanol–water partition coefficient (Wildman–Crippen LogP) is 5.36. The third-order valence-electron chi connectivity index (χ3n) is 6.53. The van der Waals surface area contributed by atoms with Gasteiger partial charge in [0.05, 0.1) is 15.6 Å². The smallest absolute Gasteiger partial charge is 0.264 e. The van der Waals surface area contributed by atoms with Gasteiger partial charge in [-0.25, -0.2) is 8.42 Å². The monoisotopic (exact) mass is 546 g/mol. The van der Waals surface area contributed by atoms with Crippen molar-refractivity contribution in [2.24, 2.45) is 0 Å². The van der Waals surface area contributed by atoms with Gasteiger partial charge in [-0.1, -0.05) is 71.2 Å². The van der Waals surface area contributed by atoms with Crippen molar-refractivity contribution in [1.82, 2.24) is 5.32 Å². The number of ether oxygens (including phenoxy) is 1. The number of benzene rings is 3. The summed E-state index contributed by atoms with van der Waals surface area (Å²) < 4.78 is 33.9. The Morgan fingerprint density at radius 2 is 1.67 bits per heavy atom. The van der Waals surface area contributed by atoms with Gasteiger partial charge in [0.1, 0.15) is 6.54 Å². The Morgan fingerprint density at radius 1 is 1.00 bits per heavy atom. The number of nitrogens with one attached hydrogen (secondary N) is 1. The Hall–Kier alpha value is -2.58. The molecule has 9 heteroatoms. The summed E-state index contributed by atoms with van der Waals surface area (Å²) >= 11 is 12.6. The van der Waals surface area contributed by atoms with Crippen LogP contribution in [0.3, 0.4) is 0 Å². The number of hydrogen-bond donors (Lipinski definition) is 1. The zero-order valence-corrected chi connectivity index (χ0v) is 22.2. The summed E-state index contributed by atoms with van der Waals surface area (Å²) in [5.74, 6) is -0.441. The molecule has 6 nitrogen and oxygen atoms in total. The Balaban J connectivity index is 1.62. The zero-order chi connectivity index (χ0) is 25.8. The lowest BCUT2D eigenvalue weighted by Crippen LogP contribution is -2.48. The fourth-order valence-corrected chi connectivity index (χ4v) is 6.26. The van der Waals surface area contributed by atoms with E-state index in [1.165, 1.54) is 24.3 Å². The molecule has 0 bridgehead atoms. The van der Waals surface area contributed by atoms with Gasteiger partial charge >= 0.3 is 0 Å². The summed E-state index contributed by atoms with van der Waals surface area (Å²) in [5, 5.41) is 3.47. The van der Waals surface area contributed by atoms with Gasteiger partial charge in [0.2, 0.25) is 5.91 Å². The molecule has 1 amide bonds. The number of sulfonamides is 1. The van der Waals surface area contributed by atoms with E-state index >= 15 is 0 Å². The average molecular weight is 548 g/mol.